The lowest BCUT2D eigenvalue weighted by Gasteiger charge is -2.08. The van der Waals surface area contributed by atoms with Crippen LogP contribution in [-0.4, -0.2) is 4.57 Å². The van der Waals surface area contributed by atoms with Gasteiger partial charge in [0.05, 0.1) is 16.7 Å². The third kappa shape index (κ3) is 2.41. The molecule has 37 heavy (non-hydrogen) atoms. The third-order valence-corrected chi connectivity index (χ3v) is 7.80. The minimum atomic E-state index is 0.892. The second-order valence-electron chi connectivity index (χ2n) is 9.70. The van der Waals surface area contributed by atoms with Crippen LogP contribution >= 0.6 is 0 Å². The predicted molar refractivity (Wildman–Crippen MR) is 153 cm³/mol. The van der Waals surface area contributed by atoms with E-state index in [1.807, 2.05) is 12.1 Å². The van der Waals surface area contributed by atoms with E-state index in [4.69, 9.17) is 8.83 Å². The van der Waals surface area contributed by atoms with Crippen molar-refractivity contribution in [3.8, 4) is 5.69 Å². The van der Waals surface area contributed by atoms with E-state index < -0.39 is 0 Å². The largest absolute Gasteiger partial charge is 0.456 e. The number of rotatable bonds is 1. The Morgan fingerprint density at radius 1 is 0.378 bits per heavy atom. The van der Waals surface area contributed by atoms with Crippen LogP contribution < -0.4 is 0 Å². The smallest absolute Gasteiger partial charge is 0.159 e. The van der Waals surface area contributed by atoms with Gasteiger partial charge in [0.25, 0.3) is 0 Å². The summed E-state index contributed by atoms with van der Waals surface area (Å²) >= 11 is 0. The van der Waals surface area contributed by atoms with E-state index in [2.05, 4.69) is 108 Å². The molecule has 0 bridgehead atoms. The zero-order valence-electron chi connectivity index (χ0n) is 19.7. The van der Waals surface area contributed by atoms with E-state index in [1.165, 1.54) is 32.6 Å². The molecule has 0 saturated heterocycles. The van der Waals surface area contributed by atoms with Gasteiger partial charge in [0.1, 0.15) is 16.7 Å². The van der Waals surface area contributed by atoms with Crippen LogP contribution in [0.4, 0.5) is 0 Å². The second-order valence-corrected chi connectivity index (χ2v) is 9.70. The third-order valence-electron chi connectivity index (χ3n) is 7.80. The van der Waals surface area contributed by atoms with Crippen molar-refractivity contribution in [2.45, 2.75) is 0 Å². The summed E-state index contributed by atoms with van der Waals surface area (Å²) in [6, 6.07) is 40.5. The zero-order valence-corrected chi connectivity index (χ0v) is 19.7. The first-order chi connectivity index (χ1) is 18.4. The van der Waals surface area contributed by atoms with Gasteiger partial charge < -0.3 is 13.4 Å². The summed E-state index contributed by atoms with van der Waals surface area (Å²) in [5.41, 5.74) is 7.01. The maximum Gasteiger partial charge on any atom is 0.159 e. The monoisotopic (exact) mass is 473 g/mol. The first kappa shape index (κ1) is 19.2. The number of aromatic nitrogens is 1. The predicted octanol–water partition coefficient (Wildman–Crippen LogP) is 9.74. The van der Waals surface area contributed by atoms with Crippen molar-refractivity contribution in [3.05, 3.63) is 115 Å². The first-order valence-electron chi connectivity index (χ1n) is 12.5. The molecule has 0 aliphatic heterocycles. The average Bonchev–Trinajstić information content (AvgIpc) is 3.62. The summed E-state index contributed by atoms with van der Waals surface area (Å²) < 4.78 is 15.1. The van der Waals surface area contributed by atoms with Crippen LogP contribution in [0.3, 0.4) is 0 Å². The molecule has 0 unspecified atom stereocenters. The Hall–Kier alpha value is -5.02. The maximum atomic E-state index is 6.65. The summed E-state index contributed by atoms with van der Waals surface area (Å²) in [7, 11) is 0. The van der Waals surface area contributed by atoms with Gasteiger partial charge in [0.15, 0.2) is 5.58 Å². The van der Waals surface area contributed by atoms with Gasteiger partial charge in [0, 0.05) is 32.3 Å². The van der Waals surface area contributed by atoms with Gasteiger partial charge in [-0.15, -0.1) is 0 Å². The number of nitrogens with zero attached hydrogens (tertiary/aromatic N) is 1. The lowest BCUT2D eigenvalue weighted by molar-refractivity contribution is 0.666. The van der Waals surface area contributed by atoms with Crippen molar-refractivity contribution in [2.75, 3.05) is 0 Å². The molecule has 6 aromatic carbocycles. The molecule has 172 valence electrons. The van der Waals surface area contributed by atoms with Gasteiger partial charge in [-0.2, -0.15) is 0 Å². The molecule has 9 aromatic rings. The molecule has 0 atom stereocenters. The Bertz CT molecular complexity index is 2310. The highest BCUT2D eigenvalue weighted by Crippen LogP contribution is 2.42. The van der Waals surface area contributed by atoms with Gasteiger partial charge in [-0.3, -0.25) is 0 Å². The molecular formula is C34H19NO2. The van der Waals surface area contributed by atoms with E-state index >= 15 is 0 Å². The Kier molecular flexibility index (Phi) is 3.53. The molecule has 0 aliphatic rings. The fraction of sp³-hybridized carbons (Fsp3) is 0. The maximum absolute atomic E-state index is 6.65. The van der Waals surface area contributed by atoms with Crippen molar-refractivity contribution < 1.29 is 8.83 Å². The quantitative estimate of drug-likeness (QED) is 0.238. The molecule has 0 saturated carbocycles. The minimum Gasteiger partial charge on any atom is -0.456 e. The van der Waals surface area contributed by atoms with Gasteiger partial charge in [0.2, 0.25) is 0 Å². The van der Waals surface area contributed by atoms with Crippen LogP contribution in [0.25, 0.3) is 82.1 Å². The van der Waals surface area contributed by atoms with Gasteiger partial charge in [-0.1, -0.05) is 66.7 Å². The molecule has 0 radical (unpaired) electrons. The molecule has 3 nitrogen and oxygen atoms in total. The zero-order chi connectivity index (χ0) is 24.1. The molecule has 0 amide bonds. The van der Waals surface area contributed by atoms with Crippen LogP contribution in [0.2, 0.25) is 0 Å². The van der Waals surface area contributed by atoms with E-state index in [1.54, 1.807) is 0 Å². The van der Waals surface area contributed by atoms with Crippen LogP contribution in [0.15, 0.2) is 124 Å². The van der Waals surface area contributed by atoms with E-state index in [0.717, 1.165) is 49.6 Å². The summed E-state index contributed by atoms with van der Waals surface area (Å²) in [6.07, 6.45) is 0. The van der Waals surface area contributed by atoms with Crippen LogP contribution in [0.5, 0.6) is 0 Å². The molecule has 9 rings (SSSR count). The molecule has 0 spiro atoms. The van der Waals surface area contributed by atoms with Crippen LogP contribution in [0, 0.1) is 0 Å². The van der Waals surface area contributed by atoms with Crippen molar-refractivity contribution >= 4 is 76.5 Å². The normalized spacial score (nSPS) is 12.3. The molecular weight excluding hydrogens is 454 g/mol. The molecule has 3 heterocycles. The fourth-order valence-corrected chi connectivity index (χ4v) is 6.27. The lowest BCUT2D eigenvalue weighted by atomic mass is 9.99. The first-order valence-corrected chi connectivity index (χ1v) is 12.5. The molecule has 3 heteroatoms. The van der Waals surface area contributed by atoms with E-state index in [9.17, 15) is 0 Å². The summed E-state index contributed by atoms with van der Waals surface area (Å²) in [5.74, 6) is 0. The van der Waals surface area contributed by atoms with Crippen molar-refractivity contribution in [2.24, 2.45) is 0 Å². The number of fused-ring (bicyclic) bond motifs is 12. The second kappa shape index (κ2) is 6.80. The number of hydrogen-bond donors (Lipinski definition) is 0. The van der Waals surface area contributed by atoms with Gasteiger partial charge >= 0.3 is 0 Å². The summed E-state index contributed by atoms with van der Waals surface area (Å²) in [4.78, 5) is 0. The van der Waals surface area contributed by atoms with Crippen molar-refractivity contribution in [3.63, 3.8) is 0 Å². The van der Waals surface area contributed by atoms with Gasteiger partial charge in [-0.25, -0.2) is 0 Å². The highest BCUT2D eigenvalue weighted by molar-refractivity contribution is 6.28. The fourth-order valence-electron chi connectivity index (χ4n) is 6.27. The highest BCUT2D eigenvalue weighted by Gasteiger charge is 2.19. The molecule has 0 aliphatic carbocycles. The standard InChI is InChI=1S/C34H19NO2/c1-4-12-26-20(8-1)21-9-2-5-13-27(21)35(26)28-14-7-11-25-33-23-16-18-30-32(24-10-3-6-15-29(24)36-30)22(23)17-19-31(33)37-34(25)28/h1-19H. The molecule has 3 aromatic heterocycles. The number of para-hydroxylation sites is 4. The van der Waals surface area contributed by atoms with Crippen LogP contribution in [-0.2, 0) is 0 Å². The van der Waals surface area contributed by atoms with E-state index in [0.29, 0.717) is 0 Å². The lowest BCUT2D eigenvalue weighted by Crippen LogP contribution is -1.93. The van der Waals surface area contributed by atoms with Crippen molar-refractivity contribution in [1.82, 2.24) is 4.57 Å². The highest BCUT2D eigenvalue weighted by atomic mass is 16.3. The number of hydrogen-bond acceptors (Lipinski definition) is 2. The SMILES string of the molecule is c1ccc2c(c1)oc1ccc3c(ccc4oc5c(-n6c7ccccc7c7ccccc76)cccc5c43)c12. The Balaban J connectivity index is 1.44. The molecule has 0 fully saturated rings. The van der Waals surface area contributed by atoms with Gasteiger partial charge in [-0.05, 0) is 59.3 Å². The number of benzene rings is 6. The Morgan fingerprint density at radius 2 is 0.946 bits per heavy atom. The summed E-state index contributed by atoms with van der Waals surface area (Å²) in [5, 5.41) is 9.39. The minimum absolute atomic E-state index is 0.892. The molecule has 0 N–H and O–H groups in total. The van der Waals surface area contributed by atoms with E-state index in [-0.39, 0.29) is 0 Å². The van der Waals surface area contributed by atoms with Crippen LogP contribution in [0.1, 0.15) is 0 Å². The number of furan rings is 2. The topological polar surface area (TPSA) is 31.2 Å². The average molecular weight is 474 g/mol. The summed E-state index contributed by atoms with van der Waals surface area (Å²) in [6.45, 7) is 0. The Morgan fingerprint density at radius 3 is 1.68 bits per heavy atom. The van der Waals surface area contributed by atoms with Crippen molar-refractivity contribution in [1.29, 1.82) is 0 Å². The Labute approximate surface area is 210 Å².